The number of amides is 3. The van der Waals surface area contributed by atoms with Gasteiger partial charge in [0.2, 0.25) is 5.91 Å². The standard InChI is InChI=1S/C12H21N3O4/c1-8(2)13-12(19)14-10(16)7-15-5-3-9(4-6-15)11(17)18/h8-9H,3-7H2,1-2H3,(H,17,18)(H2,13,14,16,19). The van der Waals surface area contributed by atoms with E-state index in [-0.39, 0.29) is 24.4 Å². The van der Waals surface area contributed by atoms with Gasteiger partial charge in [-0.2, -0.15) is 0 Å². The van der Waals surface area contributed by atoms with Crippen LogP contribution in [0.5, 0.6) is 0 Å². The maximum atomic E-state index is 11.6. The van der Waals surface area contributed by atoms with Gasteiger partial charge < -0.3 is 10.4 Å². The van der Waals surface area contributed by atoms with Gasteiger partial charge in [0.15, 0.2) is 0 Å². The van der Waals surface area contributed by atoms with Gasteiger partial charge in [0.1, 0.15) is 0 Å². The molecule has 1 heterocycles. The topological polar surface area (TPSA) is 98.7 Å². The number of rotatable bonds is 4. The minimum absolute atomic E-state index is 0.0286. The second-order valence-corrected chi connectivity index (χ2v) is 5.06. The molecule has 19 heavy (non-hydrogen) atoms. The van der Waals surface area contributed by atoms with E-state index in [9.17, 15) is 14.4 Å². The van der Waals surface area contributed by atoms with Gasteiger partial charge in [0, 0.05) is 6.04 Å². The molecule has 0 aromatic heterocycles. The predicted molar refractivity (Wildman–Crippen MR) is 68.6 cm³/mol. The molecule has 108 valence electrons. The summed E-state index contributed by atoms with van der Waals surface area (Å²) in [5, 5.41) is 13.7. The van der Waals surface area contributed by atoms with Crippen molar-refractivity contribution in [2.45, 2.75) is 32.7 Å². The Kier molecular flexibility index (Phi) is 5.75. The molecule has 0 atom stereocenters. The maximum absolute atomic E-state index is 11.6. The van der Waals surface area contributed by atoms with Gasteiger partial charge in [-0.15, -0.1) is 0 Å². The first kappa shape index (κ1) is 15.4. The van der Waals surface area contributed by atoms with E-state index >= 15 is 0 Å². The Morgan fingerprint density at radius 1 is 1.26 bits per heavy atom. The Balaban J connectivity index is 2.27. The smallest absolute Gasteiger partial charge is 0.321 e. The van der Waals surface area contributed by atoms with Gasteiger partial charge in [-0.25, -0.2) is 4.79 Å². The van der Waals surface area contributed by atoms with Crippen LogP contribution in [0.3, 0.4) is 0 Å². The van der Waals surface area contributed by atoms with Gasteiger partial charge in [0.25, 0.3) is 0 Å². The molecular formula is C12H21N3O4. The van der Waals surface area contributed by atoms with E-state index in [2.05, 4.69) is 10.6 Å². The Bertz CT molecular complexity index is 349. The van der Waals surface area contributed by atoms with E-state index in [0.29, 0.717) is 25.9 Å². The molecule has 3 amide bonds. The number of carboxylic acids is 1. The van der Waals surface area contributed by atoms with E-state index in [4.69, 9.17) is 5.11 Å². The van der Waals surface area contributed by atoms with Gasteiger partial charge in [-0.05, 0) is 39.8 Å². The van der Waals surface area contributed by atoms with Crippen LogP contribution in [0.4, 0.5) is 4.79 Å². The summed E-state index contributed by atoms with van der Waals surface area (Å²) in [6.07, 6.45) is 1.08. The molecule has 0 bridgehead atoms. The lowest BCUT2D eigenvalue weighted by Crippen LogP contribution is -2.48. The van der Waals surface area contributed by atoms with Crippen LogP contribution in [0.25, 0.3) is 0 Å². The van der Waals surface area contributed by atoms with Crippen LogP contribution in [-0.2, 0) is 9.59 Å². The Labute approximate surface area is 112 Å². The monoisotopic (exact) mass is 271 g/mol. The van der Waals surface area contributed by atoms with Crippen molar-refractivity contribution >= 4 is 17.9 Å². The molecule has 0 aliphatic carbocycles. The van der Waals surface area contributed by atoms with Gasteiger partial charge >= 0.3 is 12.0 Å². The van der Waals surface area contributed by atoms with Crippen LogP contribution in [0, 0.1) is 5.92 Å². The first-order chi connectivity index (χ1) is 8.88. The molecule has 7 heteroatoms. The average molecular weight is 271 g/mol. The van der Waals surface area contributed by atoms with Crippen molar-refractivity contribution in [1.29, 1.82) is 0 Å². The number of imide groups is 1. The second kappa shape index (κ2) is 7.08. The predicted octanol–water partition coefficient (Wildman–Crippen LogP) is 0.0172. The molecule has 1 aliphatic heterocycles. The number of nitrogens with zero attached hydrogens (tertiary/aromatic N) is 1. The summed E-state index contributed by atoms with van der Waals surface area (Å²) in [4.78, 5) is 35.5. The molecule has 1 fully saturated rings. The molecule has 1 saturated heterocycles. The number of likely N-dealkylation sites (tertiary alicyclic amines) is 1. The molecule has 3 N–H and O–H groups in total. The van der Waals surface area contributed by atoms with E-state index < -0.39 is 12.0 Å². The molecule has 0 aromatic rings. The molecule has 0 unspecified atom stereocenters. The molecule has 7 nitrogen and oxygen atoms in total. The second-order valence-electron chi connectivity index (χ2n) is 5.06. The third-order valence-corrected chi connectivity index (χ3v) is 2.98. The SMILES string of the molecule is CC(C)NC(=O)NC(=O)CN1CCC(C(=O)O)CC1. The van der Waals surface area contributed by atoms with Crippen molar-refractivity contribution in [3.05, 3.63) is 0 Å². The van der Waals surface area contributed by atoms with Gasteiger partial charge in [0.05, 0.1) is 12.5 Å². The van der Waals surface area contributed by atoms with Crippen molar-refractivity contribution < 1.29 is 19.5 Å². The minimum Gasteiger partial charge on any atom is -0.481 e. The number of urea groups is 1. The molecule has 0 aromatic carbocycles. The van der Waals surface area contributed by atoms with Crippen LogP contribution >= 0.6 is 0 Å². The van der Waals surface area contributed by atoms with E-state index in [1.807, 2.05) is 4.90 Å². The fourth-order valence-corrected chi connectivity index (χ4v) is 2.01. The largest absolute Gasteiger partial charge is 0.481 e. The lowest BCUT2D eigenvalue weighted by atomic mass is 9.97. The highest BCUT2D eigenvalue weighted by molar-refractivity contribution is 5.95. The summed E-state index contributed by atoms with van der Waals surface area (Å²) in [5.74, 6) is -1.46. The van der Waals surface area contributed by atoms with Crippen LogP contribution in [0.2, 0.25) is 0 Å². The third-order valence-electron chi connectivity index (χ3n) is 2.98. The zero-order chi connectivity index (χ0) is 14.4. The van der Waals surface area contributed by atoms with Crippen LogP contribution in [0.1, 0.15) is 26.7 Å². The van der Waals surface area contributed by atoms with Gasteiger partial charge in [-0.1, -0.05) is 0 Å². The summed E-state index contributed by atoms with van der Waals surface area (Å²) < 4.78 is 0. The number of hydrogen-bond donors (Lipinski definition) is 3. The number of carbonyl (C=O) groups excluding carboxylic acids is 2. The number of carbonyl (C=O) groups is 3. The molecule has 0 radical (unpaired) electrons. The van der Waals surface area contributed by atoms with Crippen molar-refractivity contribution in [1.82, 2.24) is 15.5 Å². The average Bonchev–Trinajstić information content (AvgIpc) is 2.27. The quantitative estimate of drug-likeness (QED) is 0.669. The normalized spacial score (nSPS) is 17.2. The molecule has 1 rings (SSSR count). The number of piperidine rings is 1. The highest BCUT2D eigenvalue weighted by Gasteiger charge is 2.25. The first-order valence-corrected chi connectivity index (χ1v) is 6.44. The Morgan fingerprint density at radius 2 is 1.84 bits per heavy atom. The van der Waals surface area contributed by atoms with Crippen molar-refractivity contribution in [3.63, 3.8) is 0 Å². The minimum atomic E-state index is -0.777. The van der Waals surface area contributed by atoms with Crippen LogP contribution in [0.15, 0.2) is 0 Å². The van der Waals surface area contributed by atoms with Gasteiger partial charge in [-0.3, -0.25) is 19.8 Å². The maximum Gasteiger partial charge on any atom is 0.321 e. The molecular weight excluding hydrogens is 250 g/mol. The van der Waals surface area contributed by atoms with Crippen molar-refractivity contribution in [2.75, 3.05) is 19.6 Å². The summed E-state index contributed by atoms with van der Waals surface area (Å²) in [5.41, 5.74) is 0. The van der Waals surface area contributed by atoms with E-state index in [0.717, 1.165) is 0 Å². The Morgan fingerprint density at radius 3 is 2.32 bits per heavy atom. The van der Waals surface area contributed by atoms with Crippen LogP contribution < -0.4 is 10.6 Å². The summed E-state index contributed by atoms with van der Waals surface area (Å²) in [7, 11) is 0. The van der Waals surface area contributed by atoms with Crippen molar-refractivity contribution in [2.24, 2.45) is 5.92 Å². The lowest BCUT2D eigenvalue weighted by Gasteiger charge is -2.29. The van der Waals surface area contributed by atoms with Crippen molar-refractivity contribution in [3.8, 4) is 0 Å². The fraction of sp³-hybridized carbons (Fsp3) is 0.750. The van der Waals surface area contributed by atoms with E-state index in [1.54, 1.807) is 13.8 Å². The van der Waals surface area contributed by atoms with Crippen LogP contribution in [-0.4, -0.2) is 53.6 Å². The number of carboxylic acid groups (broad SMARTS) is 1. The number of nitrogens with one attached hydrogen (secondary N) is 2. The molecule has 0 spiro atoms. The number of aliphatic carboxylic acids is 1. The molecule has 1 aliphatic rings. The summed E-state index contributed by atoms with van der Waals surface area (Å²) in [6, 6.07) is -0.528. The summed E-state index contributed by atoms with van der Waals surface area (Å²) in [6.45, 7) is 4.87. The third kappa shape index (κ3) is 5.69. The first-order valence-electron chi connectivity index (χ1n) is 6.44. The fourth-order valence-electron chi connectivity index (χ4n) is 2.01. The lowest BCUT2D eigenvalue weighted by molar-refractivity contribution is -0.143. The van der Waals surface area contributed by atoms with E-state index in [1.165, 1.54) is 0 Å². The zero-order valence-electron chi connectivity index (χ0n) is 11.3. The highest BCUT2D eigenvalue weighted by Crippen LogP contribution is 2.16. The summed E-state index contributed by atoms with van der Waals surface area (Å²) >= 11 is 0. The number of hydrogen-bond acceptors (Lipinski definition) is 4. The Hall–Kier alpha value is -1.63. The zero-order valence-corrected chi connectivity index (χ0v) is 11.3. The highest BCUT2D eigenvalue weighted by atomic mass is 16.4. The molecule has 0 saturated carbocycles.